The Kier molecular flexibility index (Phi) is 6.95. The van der Waals surface area contributed by atoms with Crippen LogP contribution in [-0.4, -0.2) is 28.3 Å². The number of rotatable bonds is 7. The summed E-state index contributed by atoms with van der Waals surface area (Å²) in [4.78, 5) is 8.42. The zero-order valence-electron chi connectivity index (χ0n) is 17.6. The van der Waals surface area contributed by atoms with E-state index in [1.807, 2.05) is 43.3 Å². The van der Waals surface area contributed by atoms with Crippen molar-refractivity contribution in [2.24, 2.45) is 4.99 Å². The van der Waals surface area contributed by atoms with Gasteiger partial charge in [0.05, 0.1) is 19.7 Å². The lowest BCUT2D eigenvalue weighted by Crippen LogP contribution is -2.23. The van der Waals surface area contributed by atoms with Crippen molar-refractivity contribution >= 4 is 23.0 Å². The van der Waals surface area contributed by atoms with Crippen LogP contribution in [0.15, 0.2) is 88.8 Å². The minimum Gasteiger partial charge on any atom is -0.504 e. The maximum absolute atomic E-state index is 10.2. The Morgan fingerprint density at radius 1 is 1.00 bits per heavy atom. The van der Waals surface area contributed by atoms with Crippen LogP contribution >= 0.6 is 11.8 Å². The molecule has 4 rings (SSSR count). The van der Waals surface area contributed by atoms with Gasteiger partial charge < -0.3 is 14.7 Å². The third-order valence-electron chi connectivity index (χ3n) is 4.91. The van der Waals surface area contributed by atoms with Gasteiger partial charge in [-0.2, -0.15) is 0 Å². The largest absolute Gasteiger partial charge is 0.504 e. The van der Waals surface area contributed by atoms with Gasteiger partial charge >= 0.3 is 0 Å². The van der Waals surface area contributed by atoms with Crippen molar-refractivity contribution in [3.8, 4) is 11.5 Å². The van der Waals surface area contributed by atoms with Gasteiger partial charge in [0, 0.05) is 11.4 Å². The van der Waals surface area contributed by atoms with Crippen molar-refractivity contribution in [1.82, 2.24) is 4.90 Å². The average molecular weight is 431 g/mol. The second-order valence-electron chi connectivity index (χ2n) is 7.30. The molecule has 1 fully saturated rings. The molecule has 31 heavy (non-hydrogen) atoms. The van der Waals surface area contributed by atoms with Gasteiger partial charge in [-0.3, -0.25) is 4.99 Å². The predicted octanol–water partition coefficient (Wildman–Crippen LogP) is 5.94. The van der Waals surface area contributed by atoms with Gasteiger partial charge in [-0.1, -0.05) is 78.5 Å². The number of thioether (sulfide) groups is 1. The molecule has 0 spiro atoms. The van der Waals surface area contributed by atoms with Crippen molar-refractivity contribution in [1.29, 1.82) is 0 Å². The van der Waals surface area contributed by atoms with Gasteiger partial charge in [0.2, 0.25) is 0 Å². The van der Waals surface area contributed by atoms with E-state index in [2.05, 4.69) is 47.4 Å². The molecule has 0 atom stereocenters. The highest BCUT2D eigenvalue weighted by Gasteiger charge is 2.24. The van der Waals surface area contributed by atoms with Gasteiger partial charge in [0.25, 0.3) is 0 Å². The summed E-state index contributed by atoms with van der Waals surface area (Å²) in [6.45, 7) is 4.70. The van der Waals surface area contributed by atoms with Crippen LogP contribution in [0.1, 0.15) is 23.6 Å². The molecule has 1 N–H and O–H groups in total. The standard InChI is InChI=1S/C26H26N2O2S/c1-2-30-25-14-13-22(16-24(25)29)15-23-19-28(18-21-11-7-4-8-12-21)26(31-23)27-17-20-9-5-3-6-10-20/h3-16,29H,2,17-19H2,1H3/b23-15-,27-26-. The highest BCUT2D eigenvalue weighted by molar-refractivity contribution is 8.17. The first-order chi connectivity index (χ1) is 15.2. The molecule has 3 aromatic carbocycles. The Labute approximate surface area is 187 Å². The van der Waals surface area contributed by atoms with E-state index in [9.17, 15) is 5.11 Å². The van der Waals surface area contributed by atoms with Crippen molar-refractivity contribution in [2.75, 3.05) is 13.2 Å². The first kappa shape index (κ1) is 21.1. The summed E-state index contributed by atoms with van der Waals surface area (Å²) in [5.41, 5.74) is 3.41. The normalized spacial score (nSPS) is 16.2. The van der Waals surface area contributed by atoms with E-state index in [1.54, 1.807) is 17.8 Å². The Bertz CT molecular complexity index is 1070. The molecule has 0 unspecified atom stereocenters. The number of hydrogen-bond acceptors (Lipinski definition) is 4. The molecule has 1 aliphatic rings. The molecule has 0 radical (unpaired) electrons. The Hall–Kier alpha value is -3.18. The van der Waals surface area contributed by atoms with Crippen LogP contribution in [0.4, 0.5) is 0 Å². The van der Waals surface area contributed by atoms with Gasteiger partial charge in [0.1, 0.15) is 0 Å². The first-order valence-corrected chi connectivity index (χ1v) is 11.2. The maximum Gasteiger partial charge on any atom is 0.164 e. The molecule has 158 valence electrons. The van der Waals surface area contributed by atoms with E-state index in [0.29, 0.717) is 18.9 Å². The minimum atomic E-state index is 0.165. The van der Waals surface area contributed by atoms with E-state index in [0.717, 1.165) is 23.8 Å². The number of hydrogen-bond donors (Lipinski definition) is 1. The quantitative estimate of drug-likeness (QED) is 0.504. The Morgan fingerprint density at radius 2 is 1.71 bits per heavy atom. The molecule has 5 heteroatoms. The summed E-state index contributed by atoms with van der Waals surface area (Å²) in [6.07, 6.45) is 2.11. The van der Waals surface area contributed by atoms with E-state index in [4.69, 9.17) is 9.73 Å². The van der Waals surface area contributed by atoms with Crippen LogP contribution in [0.3, 0.4) is 0 Å². The lowest BCUT2D eigenvalue weighted by molar-refractivity contribution is 0.318. The van der Waals surface area contributed by atoms with Crippen LogP contribution in [-0.2, 0) is 13.1 Å². The lowest BCUT2D eigenvalue weighted by atomic mass is 10.2. The monoisotopic (exact) mass is 430 g/mol. The number of aliphatic imine (C=N–C) groups is 1. The Balaban J connectivity index is 1.55. The molecule has 0 aromatic heterocycles. The SMILES string of the molecule is CCOc1ccc(/C=C2/CN(Cc3ccccc3)/C(=N/Cc3ccccc3)S2)cc1O. The van der Waals surface area contributed by atoms with E-state index in [-0.39, 0.29) is 5.75 Å². The van der Waals surface area contributed by atoms with Crippen molar-refractivity contribution in [2.45, 2.75) is 20.0 Å². The zero-order valence-corrected chi connectivity index (χ0v) is 18.4. The van der Waals surface area contributed by atoms with E-state index in [1.165, 1.54) is 16.0 Å². The highest BCUT2D eigenvalue weighted by Crippen LogP contribution is 2.34. The summed E-state index contributed by atoms with van der Waals surface area (Å²) < 4.78 is 5.43. The van der Waals surface area contributed by atoms with Gasteiger partial charge in [-0.25, -0.2) is 0 Å². The number of aromatic hydroxyl groups is 1. The fourth-order valence-electron chi connectivity index (χ4n) is 3.43. The maximum atomic E-state index is 10.2. The van der Waals surface area contributed by atoms with Gasteiger partial charge in [0.15, 0.2) is 16.7 Å². The number of ether oxygens (including phenoxy) is 1. The van der Waals surface area contributed by atoms with Crippen LogP contribution in [0.25, 0.3) is 6.08 Å². The van der Waals surface area contributed by atoms with Crippen molar-refractivity contribution in [3.05, 3.63) is 100 Å². The number of benzene rings is 3. The smallest absolute Gasteiger partial charge is 0.164 e. The number of nitrogens with zero attached hydrogens (tertiary/aromatic N) is 2. The van der Waals surface area contributed by atoms with Crippen LogP contribution in [0.2, 0.25) is 0 Å². The molecule has 0 aliphatic carbocycles. The summed E-state index contributed by atoms with van der Waals surface area (Å²) in [5.74, 6) is 0.679. The molecule has 0 bridgehead atoms. The fourth-order valence-corrected chi connectivity index (χ4v) is 4.47. The lowest BCUT2D eigenvalue weighted by Gasteiger charge is -2.17. The third-order valence-corrected chi connectivity index (χ3v) is 5.99. The van der Waals surface area contributed by atoms with E-state index < -0.39 is 0 Å². The average Bonchev–Trinajstić information content (AvgIpc) is 3.16. The van der Waals surface area contributed by atoms with Gasteiger partial charge in [-0.05, 0) is 41.8 Å². The summed E-state index contributed by atoms with van der Waals surface area (Å²) in [7, 11) is 0. The molecule has 1 heterocycles. The number of phenols is 1. The van der Waals surface area contributed by atoms with Gasteiger partial charge in [-0.15, -0.1) is 0 Å². The number of amidine groups is 1. The first-order valence-electron chi connectivity index (χ1n) is 10.4. The summed E-state index contributed by atoms with van der Waals surface area (Å²) in [5, 5.41) is 11.2. The molecule has 0 amide bonds. The number of phenolic OH excluding ortho intramolecular Hbond substituents is 1. The summed E-state index contributed by atoms with van der Waals surface area (Å²) >= 11 is 1.70. The van der Waals surface area contributed by atoms with Crippen molar-refractivity contribution < 1.29 is 9.84 Å². The second-order valence-corrected chi connectivity index (χ2v) is 8.39. The fraction of sp³-hybridized carbons (Fsp3) is 0.192. The minimum absolute atomic E-state index is 0.165. The van der Waals surface area contributed by atoms with Crippen LogP contribution in [0.5, 0.6) is 11.5 Å². The predicted molar refractivity (Wildman–Crippen MR) is 129 cm³/mol. The molecular weight excluding hydrogens is 404 g/mol. The van der Waals surface area contributed by atoms with Crippen LogP contribution in [0, 0.1) is 0 Å². The third kappa shape index (κ3) is 5.70. The molecule has 1 aliphatic heterocycles. The molecule has 0 saturated carbocycles. The van der Waals surface area contributed by atoms with Crippen molar-refractivity contribution in [3.63, 3.8) is 0 Å². The van der Waals surface area contributed by atoms with Crippen LogP contribution < -0.4 is 4.74 Å². The summed E-state index contributed by atoms with van der Waals surface area (Å²) in [6, 6.07) is 26.3. The topological polar surface area (TPSA) is 45.1 Å². The second kappa shape index (κ2) is 10.2. The highest BCUT2D eigenvalue weighted by atomic mass is 32.2. The molecular formula is C26H26N2O2S. The Morgan fingerprint density at radius 3 is 2.39 bits per heavy atom. The zero-order chi connectivity index (χ0) is 21.5. The molecule has 1 saturated heterocycles. The van der Waals surface area contributed by atoms with E-state index >= 15 is 0 Å². The molecule has 3 aromatic rings. The molecule has 4 nitrogen and oxygen atoms in total.